The van der Waals surface area contributed by atoms with Crippen molar-refractivity contribution in [2.75, 3.05) is 26.2 Å². The molecule has 3 heteroatoms. The first-order valence-electron chi connectivity index (χ1n) is 7.90. The maximum absolute atomic E-state index is 3.54. The van der Waals surface area contributed by atoms with Crippen molar-refractivity contribution in [1.29, 1.82) is 0 Å². The summed E-state index contributed by atoms with van der Waals surface area (Å²) in [5.74, 6) is 0. The molecule has 1 spiro atoms. The Balaban J connectivity index is 1.43. The molecule has 2 fully saturated rings. The highest BCUT2D eigenvalue weighted by atomic mass is 32.1. The van der Waals surface area contributed by atoms with Gasteiger partial charge >= 0.3 is 0 Å². The van der Waals surface area contributed by atoms with E-state index >= 15 is 0 Å². The molecular weight excluding hydrogens is 276 g/mol. The number of hydrogen-bond donors (Lipinski definition) is 1. The molecule has 2 aliphatic rings. The van der Waals surface area contributed by atoms with Gasteiger partial charge in [0.15, 0.2) is 0 Å². The van der Waals surface area contributed by atoms with Gasteiger partial charge in [-0.1, -0.05) is 30.3 Å². The van der Waals surface area contributed by atoms with Crippen LogP contribution in [0.1, 0.15) is 17.7 Å². The van der Waals surface area contributed by atoms with Crippen LogP contribution >= 0.6 is 11.3 Å². The van der Waals surface area contributed by atoms with E-state index in [0.717, 1.165) is 6.54 Å². The van der Waals surface area contributed by atoms with Crippen molar-refractivity contribution in [3.8, 4) is 10.4 Å². The summed E-state index contributed by atoms with van der Waals surface area (Å²) in [6.07, 6.45) is 2.74. The van der Waals surface area contributed by atoms with E-state index < -0.39 is 0 Å². The molecule has 21 heavy (non-hydrogen) atoms. The first-order chi connectivity index (χ1) is 10.3. The summed E-state index contributed by atoms with van der Waals surface area (Å²) in [6.45, 7) is 6.10. The smallest absolute Gasteiger partial charge is 0.0346 e. The highest BCUT2D eigenvalue weighted by Gasteiger charge is 2.40. The SMILES string of the molecule is c1ccc(-c2ccc(CN3CCC4(CCNC4)C3)s2)cc1. The Morgan fingerprint density at radius 2 is 2.00 bits per heavy atom. The van der Waals surface area contributed by atoms with Crippen LogP contribution in [0, 0.1) is 5.41 Å². The van der Waals surface area contributed by atoms with Crippen LogP contribution in [0.2, 0.25) is 0 Å². The Hall–Kier alpha value is -1.16. The molecule has 2 aromatic rings. The Labute approximate surface area is 130 Å². The quantitative estimate of drug-likeness (QED) is 0.931. The zero-order valence-corrected chi connectivity index (χ0v) is 13.2. The van der Waals surface area contributed by atoms with Crippen LogP contribution in [-0.4, -0.2) is 31.1 Å². The minimum absolute atomic E-state index is 0.583. The monoisotopic (exact) mass is 298 g/mol. The van der Waals surface area contributed by atoms with E-state index in [-0.39, 0.29) is 0 Å². The van der Waals surface area contributed by atoms with Crippen LogP contribution in [0.3, 0.4) is 0 Å². The van der Waals surface area contributed by atoms with Crippen LogP contribution in [0.5, 0.6) is 0 Å². The number of nitrogens with one attached hydrogen (secondary N) is 1. The summed E-state index contributed by atoms with van der Waals surface area (Å²) in [5, 5.41) is 3.54. The molecule has 2 aliphatic heterocycles. The largest absolute Gasteiger partial charge is 0.316 e. The van der Waals surface area contributed by atoms with Gasteiger partial charge in [-0.3, -0.25) is 4.90 Å². The summed E-state index contributed by atoms with van der Waals surface area (Å²) in [6, 6.07) is 15.3. The maximum atomic E-state index is 3.54. The summed E-state index contributed by atoms with van der Waals surface area (Å²) >= 11 is 1.95. The average molecular weight is 298 g/mol. The second-order valence-corrected chi connectivity index (χ2v) is 7.69. The summed E-state index contributed by atoms with van der Waals surface area (Å²) in [4.78, 5) is 5.53. The van der Waals surface area contributed by atoms with Gasteiger partial charge in [-0.15, -0.1) is 11.3 Å². The molecule has 3 heterocycles. The topological polar surface area (TPSA) is 15.3 Å². The van der Waals surface area contributed by atoms with Crippen molar-refractivity contribution in [2.45, 2.75) is 19.4 Å². The van der Waals surface area contributed by atoms with Crippen molar-refractivity contribution in [3.05, 3.63) is 47.3 Å². The number of benzene rings is 1. The minimum atomic E-state index is 0.583. The van der Waals surface area contributed by atoms with Crippen LogP contribution < -0.4 is 5.32 Å². The maximum Gasteiger partial charge on any atom is 0.0346 e. The lowest BCUT2D eigenvalue weighted by molar-refractivity contribution is 0.270. The van der Waals surface area contributed by atoms with E-state index in [4.69, 9.17) is 0 Å². The van der Waals surface area contributed by atoms with E-state index in [9.17, 15) is 0 Å². The second-order valence-electron chi connectivity index (χ2n) is 6.52. The van der Waals surface area contributed by atoms with E-state index in [2.05, 4.69) is 52.7 Å². The van der Waals surface area contributed by atoms with Crippen LogP contribution in [0.25, 0.3) is 10.4 Å². The molecule has 0 saturated carbocycles. The molecule has 0 radical (unpaired) electrons. The lowest BCUT2D eigenvalue weighted by atomic mass is 9.87. The molecule has 1 atom stereocenters. The molecule has 110 valence electrons. The molecule has 1 unspecified atom stereocenters. The lowest BCUT2D eigenvalue weighted by Crippen LogP contribution is -2.28. The summed E-state index contributed by atoms with van der Waals surface area (Å²) in [7, 11) is 0. The van der Waals surface area contributed by atoms with Gasteiger partial charge < -0.3 is 5.32 Å². The second kappa shape index (κ2) is 5.56. The normalized spacial score (nSPS) is 25.9. The van der Waals surface area contributed by atoms with E-state index in [0.29, 0.717) is 5.41 Å². The Morgan fingerprint density at radius 3 is 2.81 bits per heavy atom. The van der Waals surface area contributed by atoms with Crippen molar-refractivity contribution in [2.24, 2.45) is 5.41 Å². The van der Waals surface area contributed by atoms with Crippen LogP contribution in [-0.2, 0) is 6.54 Å². The molecule has 1 aromatic heterocycles. The fraction of sp³-hybridized carbons (Fsp3) is 0.444. The fourth-order valence-corrected chi connectivity index (χ4v) is 4.80. The molecule has 1 N–H and O–H groups in total. The standard InChI is InChI=1S/C18H22N2S/c1-2-4-15(5-3-1)17-7-6-16(21-17)12-20-11-9-18(14-20)8-10-19-13-18/h1-7,19H,8-14H2. The number of nitrogens with zero attached hydrogens (tertiary/aromatic N) is 1. The molecule has 1 aromatic carbocycles. The van der Waals surface area contributed by atoms with Crippen molar-refractivity contribution in [3.63, 3.8) is 0 Å². The third-order valence-electron chi connectivity index (χ3n) is 4.95. The molecule has 4 rings (SSSR count). The van der Waals surface area contributed by atoms with Crippen molar-refractivity contribution in [1.82, 2.24) is 10.2 Å². The first kappa shape index (κ1) is 13.5. The van der Waals surface area contributed by atoms with Gasteiger partial charge in [0.25, 0.3) is 0 Å². The van der Waals surface area contributed by atoms with Crippen molar-refractivity contribution < 1.29 is 0 Å². The zero-order chi connectivity index (χ0) is 14.1. The van der Waals surface area contributed by atoms with Gasteiger partial charge in [0, 0.05) is 29.4 Å². The van der Waals surface area contributed by atoms with E-state index in [1.807, 2.05) is 11.3 Å². The zero-order valence-electron chi connectivity index (χ0n) is 12.3. The number of thiophene rings is 1. The number of hydrogen-bond acceptors (Lipinski definition) is 3. The average Bonchev–Trinajstić information content (AvgIpc) is 3.24. The highest BCUT2D eigenvalue weighted by molar-refractivity contribution is 7.15. The third-order valence-corrected chi connectivity index (χ3v) is 6.07. The minimum Gasteiger partial charge on any atom is -0.316 e. The molecular formula is C18H22N2S. The highest BCUT2D eigenvalue weighted by Crippen LogP contribution is 2.37. The van der Waals surface area contributed by atoms with E-state index in [1.54, 1.807) is 0 Å². The van der Waals surface area contributed by atoms with Gasteiger partial charge in [-0.25, -0.2) is 0 Å². The fourth-order valence-electron chi connectivity index (χ4n) is 3.75. The van der Waals surface area contributed by atoms with Crippen LogP contribution in [0.15, 0.2) is 42.5 Å². The van der Waals surface area contributed by atoms with Gasteiger partial charge in [-0.2, -0.15) is 0 Å². The predicted molar refractivity (Wildman–Crippen MR) is 89.6 cm³/mol. The van der Waals surface area contributed by atoms with Crippen LogP contribution in [0.4, 0.5) is 0 Å². The third kappa shape index (κ3) is 2.78. The van der Waals surface area contributed by atoms with Gasteiger partial charge in [0.05, 0.1) is 0 Å². The first-order valence-corrected chi connectivity index (χ1v) is 8.72. The van der Waals surface area contributed by atoms with Gasteiger partial charge in [-0.05, 0) is 49.0 Å². The Morgan fingerprint density at radius 1 is 1.10 bits per heavy atom. The van der Waals surface area contributed by atoms with Gasteiger partial charge in [0.1, 0.15) is 0 Å². The summed E-state index contributed by atoms with van der Waals surface area (Å²) in [5.41, 5.74) is 1.92. The number of rotatable bonds is 3. The molecule has 2 nitrogen and oxygen atoms in total. The molecule has 2 saturated heterocycles. The summed E-state index contributed by atoms with van der Waals surface area (Å²) < 4.78 is 0. The Bertz CT molecular complexity index is 599. The molecule has 0 bridgehead atoms. The van der Waals surface area contributed by atoms with Gasteiger partial charge in [0.2, 0.25) is 0 Å². The predicted octanol–water partition coefficient (Wildman–Crippen LogP) is 3.60. The van der Waals surface area contributed by atoms with Crippen molar-refractivity contribution >= 4 is 11.3 Å². The lowest BCUT2D eigenvalue weighted by Gasteiger charge is -2.22. The van der Waals surface area contributed by atoms with E-state index in [1.165, 1.54) is 54.3 Å². The Kier molecular flexibility index (Phi) is 3.57. The number of likely N-dealkylation sites (tertiary alicyclic amines) is 1. The molecule has 0 aliphatic carbocycles. The molecule has 0 amide bonds.